The van der Waals surface area contributed by atoms with E-state index in [1.54, 1.807) is 24.3 Å². The summed E-state index contributed by atoms with van der Waals surface area (Å²) in [5.41, 5.74) is 0.382. The van der Waals surface area contributed by atoms with Crippen molar-refractivity contribution in [3.05, 3.63) is 64.7 Å². The lowest BCUT2D eigenvalue weighted by molar-refractivity contribution is 0.208. The van der Waals surface area contributed by atoms with Crippen molar-refractivity contribution in [1.29, 1.82) is 0 Å². The first-order valence-electron chi connectivity index (χ1n) is 6.79. The van der Waals surface area contributed by atoms with Gasteiger partial charge in [0.25, 0.3) is 0 Å². The van der Waals surface area contributed by atoms with Crippen LogP contribution in [0.1, 0.15) is 36.6 Å². The third-order valence-corrected chi connectivity index (χ3v) is 3.16. The van der Waals surface area contributed by atoms with E-state index in [-0.39, 0.29) is 11.7 Å². The van der Waals surface area contributed by atoms with E-state index in [2.05, 4.69) is 0 Å². The molecule has 4 heteroatoms. The molecule has 0 spiro atoms. The summed E-state index contributed by atoms with van der Waals surface area (Å²) in [5, 5.41) is 10.2. The molecule has 2 rings (SSSR count). The molecular formula is C17H18F2O2. The van der Waals surface area contributed by atoms with Crippen molar-refractivity contribution >= 4 is 0 Å². The number of aliphatic hydroxyl groups excluding tert-OH is 1. The first kappa shape index (κ1) is 15.4. The molecule has 112 valence electrons. The zero-order chi connectivity index (χ0) is 15.6. The summed E-state index contributed by atoms with van der Waals surface area (Å²) in [6.07, 6.45) is -1.31. The highest BCUT2D eigenvalue weighted by Gasteiger charge is 2.21. The maximum Gasteiger partial charge on any atom is 0.135 e. The van der Waals surface area contributed by atoms with Gasteiger partial charge >= 0.3 is 0 Å². The zero-order valence-corrected chi connectivity index (χ0v) is 12.2. The summed E-state index contributed by atoms with van der Waals surface area (Å²) in [4.78, 5) is 0. The van der Waals surface area contributed by atoms with Crippen molar-refractivity contribution in [2.75, 3.05) is 0 Å². The van der Waals surface area contributed by atoms with Crippen molar-refractivity contribution in [2.24, 2.45) is 0 Å². The number of aryl methyl sites for hydroxylation is 1. The zero-order valence-electron chi connectivity index (χ0n) is 12.2. The van der Waals surface area contributed by atoms with Gasteiger partial charge in [-0.2, -0.15) is 0 Å². The molecular weight excluding hydrogens is 274 g/mol. The van der Waals surface area contributed by atoms with Crippen LogP contribution in [0.5, 0.6) is 5.75 Å². The summed E-state index contributed by atoms with van der Waals surface area (Å²) in [5.74, 6) is -0.829. The highest BCUT2D eigenvalue weighted by atomic mass is 19.1. The lowest BCUT2D eigenvalue weighted by atomic mass is 9.98. The highest BCUT2D eigenvalue weighted by molar-refractivity contribution is 5.37. The van der Waals surface area contributed by atoms with E-state index in [0.717, 1.165) is 6.07 Å². The highest BCUT2D eigenvalue weighted by Crippen LogP contribution is 2.29. The van der Waals surface area contributed by atoms with E-state index in [1.165, 1.54) is 13.0 Å². The Labute approximate surface area is 123 Å². The molecule has 0 aliphatic rings. The van der Waals surface area contributed by atoms with E-state index >= 15 is 0 Å². The van der Waals surface area contributed by atoms with Gasteiger partial charge in [0, 0.05) is 0 Å². The van der Waals surface area contributed by atoms with Crippen LogP contribution in [0.2, 0.25) is 0 Å². The van der Waals surface area contributed by atoms with E-state index in [1.807, 2.05) is 13.8 Å². The Kier molecular flexibility index (Phi) is 4.58. The Morgan fingerprint density at radius 3 is 2.19 bits per heavy atom. The Bertz CT molecular complexity index is 621. The van der Waals surface area contributed by atoms with Crippen molar-refractivity contribution in [2.45, 2.75) is 33.0 Å². The number of ether oxygens (including phenoxy) is 1. The maximum absolute atomic E-state index is 14.0. The number of halogens is 2. The van der Waals surface area contributed by atoms with Gasteiger partial charge in [0.2, 0.25) is 0 Å². The van der Waals surface area contributed by atoms with Crippen molar-refractivity contribution in [3.8, 4) is 5.75 Å². The Hall–Kier alpha value is -1.94. The molecule has 1 atom stereocenters. The molecule has 2 aromatic carbocycles. The number of hydrogen-bond donors (Lipinski definition) is 1. The summed E-state index contributed by atoms with van der Waals surface area (Å²) in [6, 6.07) is 9.05. The van der Waals surface area contributed by atoms with Crippen molar-refractivity contribution in [1.82, 2.24) is 0 Å². The molecule has 0 saturated heterocycles. The van der Waals surface area contributed by atoms with Gasteiger partial charge in [-0.05, 0) is 50.1 Å². The van der Waals surface area contributed by atoms with E-state index < -0.39 is 17.7 Å². The molecule has 0 aliphatic carbocycles. The van der Waals surface area contributed by atoms with Crippen LogP contribution in [0, 0.1) is 18.6 Å². The Morgan fingerprint density at radius 2 is 1.62 bits per heavy atom. The van der Waals surface area contributed by atoms with Crippen LogP contribution in [0.25, 0.3) is 0 Å². The second kappa shape index (κ2) is 6.22. The largest absolute Gasteiger partial charge is 0.491 e. The fourth-order valence-corrected chi connectivity index (χ4v) is 2.10. The van der Waals surface area contributed by atoms with Gasteiger partial charge in [-0.1, -0.05) is 18.2 Å². The number of hydrogen-bond acceptors (Lipinski definition) is 2. The maximum atomic E-state index is 14.0. The minimum atomic E-state index is -1.35. The fraction of sp³-hybridized carbons (Fsp3) is 0.294. The Morgan fingerprint density at radius 1 is 1.00 bits per heavy atom. The van der Waals surface area contributed by atoms with Crippen LogP contribution in [0.15, 0.2) is 36.4 Å². The molecule has 0 bridgehead atoms. The molecule has 0 saturated carbocycles. The molecule has 2 aromatic rings. The predicted molar refractivity (Wildman–Crippen MR) is 77.4 cm³/mol. The van der Waals surface area contributed by atoms with Crippen LogP contribution < -0.4 is 4.74 Å². The second-order valence-electron chi connectivity index (χ2n) is 5.23. The van der Waals surface area contributed by atoms with Gasteiger partial charge in [0.15, 0.2) is 0 Å². The number of benzene rings is 2. The Balaban J connectivity index is 2.32. The second-order valence-corrected chi connectivity index (χ2v) is 5.23. The first-order chi connectivity index (χ1) is 9.90. The van der Waals surface area contributed by atoms with Crippen LogP contribution in [-0.2, 0) is 0 Å². The minimum Gasteiger partial charge on any atom is -0.491 e. The van der Waals surface area contributed by atoms with Crippen LogP contribution >= 0.6 is 0 Å². The molecule has 0 aromatic heterocycles. The number of rotatable bonds is 4. The normalized spacial score (nSPS) is 12.5. The molecule has 0 heterocycles. The lowest BCUT2D eigenvalue weighted by Crippen LogP contribution is -2.08. The van der Waals surface area contributed by atoms with Gasteiger partial charge < -0.3 is 9.84 Å². The van der Waals surface area contributed by atoms with Crippen LogP contribution in [0.3, 0.4) is 0 Å². The molecule has 0 fully saturated rings. The number of aliphatic hydroxyl groups is 1. The van der Waals surface area contributed by atoms with Gasteiger partial charge in [0.05, 0.1) is 11.7 Å². The standard InChI is InChI=1S/C17H18F2O2/c1-10(2)21-13-7-5-12(6-8-13)17(20)15-14(18)9-4-11(3)16(15)19/h4-10,17,20H,1-3H3. The minimum absolute atomic E-state index is 0.0347. The lowest BCUT2D eigenvalue weighted by Gasteiger charge is -2.16. The summed E-state index contributed by atoms with van der Waals surface area (Å²) >= 11 is 0. The van der Waals surface area contributed by atoms with Gasteiger partial charge in [-0.25, -0.2) is 8.78 Å². The molecule has 2 nitrogen and oxygen atoms in total. The van der Waals surface area contributed by atoms with Gasteiger partial charge in [-0.15, -0.1) is 0 Å². The fourth-order valence-electron chi connectivity index (χ4n) is 2.10. The van der Waals surface area contributed by atoms with Crippen LogP contribution in [0.4, 0.5) is 8.78 Å². The quantitative estimate of drug-likeness (QED) is 0.917. The van der Waals surface area contributed by atoms with Gasteiger partial charge in [0.1, 0.15) is 23.5 Å². The molecule has 0 amide bonds. The van der Waals surface area contributed by atoms with E-state index in [0.29, 0.717) is 16.9 Å². The molecule has 1 N–H and O–H groups in total. The summed E-state index contributed by atoms with van der Waals surface area (Å²) in [7, 11) is 0. The molecule has 0 aliphatic heterocycles. The third-order valence-electron chi connectivity index (χ3n) is 3.16. The van der Waals surface area contributed by atoms with E-state index in [4.69, 9.17) is 4.74 Å². The first-order valence-corrected chi connectivity index (χ1v) is 6.79. The SMILES string of the molecule is Cc1ccc(F)c(C(O)c2ccc(OC(C)C)cc2)c1F. The molecule has 21 heavy (non-hydrogen) atoms. The summed E-state index contributed by atoms with van der Waals surface area (Å²) < 4.78 is 33.3. The third kappa shape index (κ3) is 3.39. The summed E-state index contributed by atoms with van der Waals surface area (Å²) in [6.45, 7) is 5.34. The average Bonchev–Trinajstić information content (AvgIpc) is 2.43. The van der Waals surface area contributed by atoms with Gasteiger partial charge in [-0.3, -0.25) is 0 Å². The molecule has 0 radical (unpaired) electrons. The topological polar surface area (TPSA) is 29.5 Å². The predicted octanol–water partition coefficient (Wildman–Crippen LogP) is 4.14. The monoisotopic (exact) mass is 292 g/mol. The molecule has 1 unspecified atom stereocenters. The van der Waals surface area contributed by atoms with Crippen molar-refractivity contribution in [3.63, 3.8) is 0 Å². The average molecular weight is 292 g/mol. The smallest absolute Gasteiger partial charge is 0.135 e. The van der Waals surface area contributed by atoms with Crippen molar-refractivity contribution < 1.29 is 18.6 Å². The van der Waals surface area contributed by atoms with Crippen LogP contribution in [-0.4, -0.2) is 11.2 Å². The van der Waals surface area contributed by atoms with E-state index in [9.17, 15) is 13.9 Å².